The average molecular weight is 383 g/mol. The maximum atomic E-state index is 13.3. The molecule has 2 N–H and O–H groups in total. The van der Waals surface area contributed by atoms with Crippen molar-refractivity contribution in [3.63, 3.8) is 0 Å². The molecule has 1 aliphatic rings. The predicted molar refractivity (Wildman–Crippen MR) is 101 cm³/mol. The van der Waals surface area contributed by atoms with Gasteiger partial charge in [0.2, 0.25) is 0 Å². The number of nitrogens with one attached hydrogen (secondary N) is 1. The standard InChI is InChI=1S/C21H19F2N3O2/c22-21(23)8-5-15(6-9-21)18-11-17-7-10-26(19(17)24-12-18)13-14-1-3-16(4-2-14)20(27)25-28/h1-5,7,10-12,28H,6,8-9,13H2,(H,25,27). The van der Waals surface area contributed by atoms with E-state index in [1.165, 1.54) is 0 Å². The minimum absolute atomic E-state index is 0.123. The van der Waals surface area contributed by atoms with Crippen LogP contribution in [0.5, 0.6) is 0 Å². The molecule has 0 fully saturated rings. The Morgan fingerprint density at radius 2 is 2.04 bits per heavy atom. The van der Waals surface area contributed by atoms with Crippen molar-refractivity contribution in [2.45, 2.75) is 31.7 Å². The molecule has 4 rings (SSSR count). The Labute approximate surface area is 160 Å². The Balaban J connectivity index is 1.55. The van der Waals surface area contributed by atoms with Crippen LogP contribution >= 0.6 is 0 Å². The molecule has 2 aromatic heterocycles. The molecule has 0 saturated heterocycles. The quantitative estimate of drug-likeness (QED) is 0.518. The molecular formula is C21H19F2N3O2. The highest BCUT2D eigenvalue weighted by molar-refractivity contribution is 5.93. The summed E-state index contributed by atoms with van der Waals surface area (Å²) in [5.41, 5.74) is 5.58. The number of aromatic nitrogens is 2. The second-order valence-electron chi connectivity index (χ2n) is 7.01. The Morgan fingerprint density at radius 3 is 2.71 bits per heavy atom. The minimum Gasteiger partial charge on any atom is -0.328 e. The second-order valence-corrected chi connectivity index (χ2v) is 7.01. The lowest BCUT2D eigenvalue weighted by Crippen LogP contribution is -2.18. The highest BCUT2D eigenvalue weighted by Gasteiger charge is 2.31. The van der Waals surface area contributed by atoms with Crippen molar-refractivity contribution >= 4 is 22.5 Å². The summed E-state index contributed by atoms with van der Waals surface area (Å²) >= 11 is 0. The van der Waals surface area contributed by atoms with E-state index in [2.05, 4.69) is 4.98 Å². The lowest BCUT2D eigenvalue weighted by molar-refractivity contribution is -0.00603. The first-order chi connectivity index (χ1) is 13.4. The van der Waals surface area contributed by atoms with E-state index in [9.17, 15) is 13.6 Å². The molecule has 0 saturated carbocycles. The zero-order valence-corrected chi connectivity index (χ0v) is 15.0. The molecule has 0 aliphatic heterocycles. The van der Waals surface area contributed by atoms with Gasteiger partial charge in [-0.1, -0.05) is 18.2 Å². The summed E-state index contributed by atoms with van der Waals surface area (Å²) in [6.07, 6.45) is 5.30. The van der Waals surface area contributed by atoms with Crippen molar-refractivity contribution in [1.29, 1.82) is 0 Å². The number of hydroxylamine groups is 1. The van der Waals surface area contributed by atoms with Crippen LogP contribution in [0.15, 0.2) is 54.9 Å². The van der Waals surface area contributed by atoms with Gasteiger partial charge in [0.1, 0.15) is 5.65 Å². The van der Waals surface area contributed by atoms with Crippen molar-refractivity contribution < 1.29 is 18.8 Å². The van der Waals surface area contributed by atoms with Crippen molar-refractivity contribution in [2.24, 2.45) is 0 Å². The summed E-state index contributed by atoms with van der Waals surface area (Å²) < 4.78 is 28.7. The summed E-state index contributed by atoms with van der Waals surface area (Å²) in [4.78, 5) is 15.9. The third kappa shape index (κ3) is 3.66. The van der Waals surface area contributed by atoms with Gasteiger partial charge in [-0.25, -0.2) is 19.2 Å². The molecule has 0 spiro atoms. The molecule has 1 aliphatic carbocycles. The number of nitrogens with zero attached hydrogens (tertiary/aromatic N) is 2. The largest absolute Gasteiger partial charge is 0.328 e. The molecule has 0 unspecified atom stereocenters. The first-order valence-electron chi connectivity index (χ1n) is 9.01. The van der Waals surface area contributed by atoms with Gasteiger partial charge in [0.25, 0.3) is 11.8 Å². The number of rotatable bonds is 4. The van der Waals surface area contributed by atoms with Gasteiger partial charge in [0.15, 0.2) is 0 Å². The molecule has 144 valence electrons. The van der Waals surface area contributed by atoms with Gasteiger partial charge in [-0.3, -0.25) is 10.0 Å². The van der Waals surface area contributed by atoms with E-state index in [-0.39, 0.29) is 12.8 Å². The molecule has 0 atom stereocenters. The normalized spacial score (nSPS) is 16.0. The molecule has 5 nitrogen and oxygen atoms in total. The Bertz CT molecular complexity index is 1060. The number of carbonyl (C=O) groups is 1. The van der Waals surface area contributed by atoms with Crippen LogP contribution in [0.2, 0.25) is 0 Å². The summed E-state index contributed by atoms with van der Waals surface area (Å²) in [6, 6.07) is 10.9. The van der Waals surface area contributed by atoms with E-state index in [0.717, 1.165) is 27.7 Å². The third-order valence-corrected chi connectivity index (χ3v) is 5.05. The zero-order valence-electron chi connectivity index (χ0n) is 15.0. The zero-order chi connectivity index (χ0) is 19.7. The van der Waals surface area contributed by atoms with E-state index < -0.39 is 11.8 Å². The lowest BCUT2D eigenvalue weighted by Gasteiger charge is -2.21. The first-order valence-corrected chi connectivity index (χ1v) is 9.01. The fraction of sp³-hybridized carbons (Fsp3) is 0.238. The van der Waals surface area contributed by atoms with Gasteiger partial charge in [-0.2, -0.15) is 0 Å². The number of benzene rings is 1. The van der Waals surface area contributed by atoms with Crippen molar-refractivity contribution in [2.75, 3.05) is 0 Å². The SMILES string of the molecule is O=C(NO)c1ccc(Cn2ccc3cc(C4=CCC(F)(F)CC4)cnc32)cc1. The van der Waals surface area contributed by atoms with Crippen LogP contribution in [0.4, 0.5) is 8.78 Å². The average Bonchev–Trinajstić information content (AvgIpc) is 3.10. The van der Waals surface area contributed by atoms with Crippen LogP contribution < -0.4 is 5.48 Å². The number of alkyl halides is 2. The van der Waals surface area contributed by atoms with Crippen LogP contribution in [0.3, 0.4) is 0 Å². The number of pyridine rings is 1. The maximum absolute atomic E-state index is 13.3. The van der Waals surface area contributed by atoms with Gasteiger partial charge in [0.05, 0.1) is 0 Å². The molecule has 1 aromatic carbocycles. The van der Waals surface area contributed by atoms with Gasteiger partial charge in [-0.05, 0) is 47.4 Å². The molecular weight excluding hydrogens is 364 g/mol. The van der Waals surface area contributed by atoms with Crippen LogP contribution in [-0.2, 0) is 6.54 Å². The molecule has 0 bridgehead atoms. The van der Waals surface area contributed by atoms with E-state index in [4.69, 9.17) is 5.21 Å². The second kappa shape index (κ2) is 7.16. The minimum atomic E-state index is -2.60. The highest BCUT2D eigenvalue weighted by atomic mass is 19.3. The summed E-state index contributed by atoms with van der Waals surface area (Å²) in [6.45, 7) is 0.575. The number of hydrogen-bond donors (Lipinski definition) is 2. The van der Waals surface area contributed by atoms with Crippen molar-refractivity contribution in [3.8, 4) is 0 Å². The number of amides is 1. The maximum Gasteiger partial charge on any atom is 0.274 e. The van der Waals surface area contributed by atoms with Crippen LogP contribution in [-0.4, -0.2) is 26.6 Å². The van der Waals surface area contributed by atoms with E-state index in [1.807, 2.05) is 35.0 Å². The summed E-state index contributed by atoms with van der Waals surface area (Å²) in [7, 11) is 0. The van der Waals surface area contributed by atoms with Crippen LogP contribution in [0, 0.1) is 0 Å². The molecule has 3 aromatic rings. The number of carbonyl (C=O) groups excluding carboxylic acids is 1. The molecule has 28 heavy (non-hydrogen) atoms. The Kier molecular flexibility index (Phi) is 4.68. The molecule has 1 amide bonds. The fourth-order valence-corrected chi connectivity index (χ4v) is 3.46. The fourth-order valence-electron chi connectivity index (χ4n) is 3.46. The Hall–Kier alpha value is -3.06. The van der Waals surface area contributed by atoms with Crippen LogP contribution in [0.25, 0.3) is 16.6 Å². The van der Waals surface area contributed by atoms with Gasteiger partial charge in [0, 0.05) is 42.7 Å². The van der Waals surface area contributed by atoms with E-state index in [0.29, 0.717) is 18.5 Å². The smallest absolute Gasteiger partial charge is 0.274 e. The summed E-state index contributed by atoms with van der Waals surface area (Å²) in [5, 5.41) is 9.62. The molecule has 0 radical (unpaired) electrons. The molecule has 7 heteroatoms. The number of hydrogen-bond acceptors (Lipinski definition) is 3. The van der Waals surface area contributed by atoms with E-state index >= 15 is 0 Å². The van der Waals surface area contributed by atoms with Crippen LogP contribution in [0.1, 0.15) is 40.7 Å². The number of halogens is 2. The Morgan fingerprint density at radius 1 is 1.25 bits per heavy atom. The van der Waals surface area contributed by atoms with Gasteiger partial charge >= 0.3 is 0 Å². The predicted octanol–water partition coefficient (Wildman–Crippen LogP) is 4.41. The van der Waals surface area contributed by atoms with E-state index in [1.54, 1.807) is 29.9 Å². The highest BCUT2D eigenvalue weighted by Crippen LogP contribution is 2.36. The summed E-state index contributed by atoms with van der Waals surface area (Å²) in [5.74, 6) is -3.15. The molecule has 2 heterocycles. The number of allylic oxidation sites excluding steroid dienone is 2. The van der Waals surface area contributed by atoms with Crippen molar-refractivity contribution in [3.05, 3.63) is 71.6 Å². The first kappa shape index (κ1) is 18.3. The van der Waals surface area contributed by atoms with Gasteiger partial charge < -0.3 is 4.57 Å². The van der Waals surface area contributed by atoms with Crippen molar-refractivity contribution in [1.82, 2.24) is 15.0 Å². The van der Waals surface area contributed by atoms with Gasteiger partial charge in [-0.15, -0.1) is 0 Å². The topological polar surface area (TPSA) is 67.2 Å². The lowest BCUT2D eigenvalue weighted by atomic mass is 9.92. The third-order valence-electron chi connectivity index (χ3n) is 5.05. The monoisotopic (exact) mass is 383 g/mol. The number of fused-ring (bicyclic) bond motifs is 1.